The number of phenolic OH excluding ortho intramolecular Hbond substituents is 1. The molecule has 0 radical (unpaired) electrons. The van der Waals surface area contributed by atoms with Gasteiger partial charge < -0.3 is 29.9 Å². The quantitative estimate of drug-likeness (QED) is 0.156. The van der Waals surface area contributed by atoms with Gasteiger partial charge in [0.15, 0.2) is 0 Å². The van der Waals surface area contributed by atoms with Crippen LogP contribution >= 0.6 is 0 Å². The minimum absolute atomic E-state index is 0.106. The third kappa shape index (κ3) is 6.04. The van der Waals surface area contributed by atoms with Crippen molar-refractivity contribution in [1.82, 2.24) is 19.4 Å². The van der Waals surface area contributed by atoms with E-state index in [1.54, 1.807) is 18.3 Å². The molecule has 0 saturated carbocycles. The van der Waals surface area contributed by atoms with Crippen molar-refractivity contribution in [1.29, 1.82) is 0 Å². The van der Waals surface area contributed by atoms with Crippen molar-refractivity contribution in [2.75, 3.05) is 44.6 Å². The number of fused-ring (bicyclic) bond motifs is 1. The van der Waals surface area contributed by atoms with Gasteiger partial charge in [-0.15, -0.1) is 0 Å². The number of phenols is 1. The van der Waals surface area contributed by atoms with Crippen molar-refractivity contribution >= 4 is 34.1 Å². The van der Waals surface area contributed by atoms with Gasteiger partial charge in [-0.3, -0.25) is 4.79 Å². The maximum atomic E-state index is 13.1. The van der Waals surface area contributed by atoms with Crippen LogP contribution in [-0.4, -0.2) is 64.4 Å². The predicted octanol–water partition coefficient (Wildman–Crippen LogP) is 4.58. The second-order valence-corrected chi connectivity index (χ2v) is 8.54. The average Bonchev–Trinajstić information content (AvgIpc) is 3.25. The summed E-state index contributed by atoms with van der Waals surface area (Å²) in [5.41, 5.74) is 3.01. The van der Waals surface area contributed by atoms with Gasteiger partial charge in [0.25, 0.3) is 0 Å². The van der Waals surface area contributed by atoms with Crippen molar-refractivity contribution in [3.05, 3.63) is 67.5 Å². The minimum Gasteiger partial charge on any atom is -0.506 e. The fraction of sp³-hybridized carbons (Fsp3) is 0.222. The molecular weight excluding hydrogens is 475 g/mol. The molecule has 0 aliphatic carbocycles. The first-order valence-corrected chi connectivity index (χ1v) is 11.7. The Morgan fingerprint density at radius 1 is 1.24 bits per heavy atom. The Morgan fingerprint density at radius 2 is 2.05 bits per heavy atom. The predicted molar refractivity (Wildman–Crippen MR) is 143 cm³/mol. The van der Waals surface area contributed by atoms with Crippen molar-refractivity contribution in [2.45, 2.75) is 6.54 Å². The lowest BCUT2D eigenvalue weighted by atomic mass is 10.1. The number of para-hydroxylation sites is 1. The summed E-state index contributed by atoms with van der Waals surface area (Å²) >= 11 is 0. The van der Waals surface area contributed by atoms with Gasteiger partial charge in [-0.05, 0) is 38.4 Å². The lowest BCUT2D eigenvalue weighted by Gasteiger charge is -2.17. The van der Waals surface area contributed by atoms with E-state index in [-0.39, 0.29) is 23.9 Å². The number of nitrogens with zero attached hydrogens (tertiary/aromatic N) is 4. The second kappa shape index (κ2) is 11.5. The van der Waals surface area contributed by atoms with Crippen molar-refractivity contribution in [2.24, 2.45) is 0 Å². The average molecular weight is 505 g/mol. The summed E-state index contributed by atoms with van der Waals surface area (Å²) < 4.78 is 20.7. The molecule has 1 amide bonds. The number of likely N-dealkylation sites (N-methyl/N-ethyl adjacent to an activating group) is 1. The Balaban J connectivity index is 1.65. The Labute approximate surface area is 214 Å². The first-order valence-electron chi connectivity index (χ1n) is 11.7. The van der Waals surface area contributed by atoms with E-state index >= 15 is 0 Å². The fourth-order valence-electron chi connectivity index (χ4n) is 3.82. The summed E-state index contributed by atoms with van der Waals surface area (Å²) in [5.74, 6) is 0.0230. The number of alkyl halides is 1. The van der Waals surface area contributed by atoms with Crippen LogP contribution in [0, 0.1) is 0 Å². The third-order valence-corrected chi connectivity index (χ3v) is 5.63. The van der Waals surface area contributed by atoms with E-state index < -0.39 is 12.6 Å². The number of aromatic hydroxyl groups is 1. The van der Waals surface area contributed by atoms with Gasteiger partial charge in [-0.1, -0.05) is 24.8 Å². The number of carbonyl (C=O) groups is 1. The largest absolute Gasteiger partial charge is 0.506 e. The molecule has 0 aliphatic rings. The Kier molecular flexibility index (Phi) is 7.99. The van der Waals surface area contributed by atoms with E-state index in [2.05, 4.69) is 27.2 Å². The molecule has 0 spiro atoms. The number of benzene rings is 2. The molecule has 0 bridgehead atoms. The number of amides is 1. The first-order chi connectivity index (χ1) is 17.9. The van der Waals surface area contributed by atoms with Gasteiger partial charge in [-0.25, -0.2) is 14.4 Å². The van der Waals surface area contributed by atoms with E-state index in [0.717, 1.165) is 22.5 Å². The van der Waals surface area contributed by atoms with Crippen LogP contribution in [0.5, 0.6) is 11.5 Å². The van der Waals surface area contributed by atoms with Crippen molar-refractivity contribution in [3.63, 3.8) is 0 Å². The number of nitrogens with one attached hydrogen (secondary N) is 2. The summed E-state index contributed by atoms with van der Waals surface area (Å²) in [7, 11) is 3.84. The number of hydrogen-bond donors (Lipinski definition) is 3. The maximum Gasteiger partial charge on any atom is 0.247 e. The number of anilines is 3. The van der Waals surface area contributed by atoms with Crippen LogP contribution in [0.15, 0.2) is 67.5 Å². The number of halogens is 1. The van der Waals surface area contributed by atoms with Crippen LogP contribution in [0.1, 0.15) is 0 Å². The topological polar surface area (TPSA) is 105 Å². The van der Waals surface area contributed by atoms with Gasteiger partial charge in [0.1, 0.15) is 24.8 Å². The Hall–Kier alpha value is -4.44. The van der Waals surface area contributed by atoms with Crippen LogP contribution < -0.4 is 15.4 Å². The number of aryl methyl sites for hydroxylation is 1. The maximum absolute atomic E-state index is 13.1. The molecule has 4 rings (SSSR count). The highest BCUT2D eigenvalue weighted by molar-refractivity contribution is 6.00. The van der Waals surface area contributed by atoms with Crippen LogP contribution in [0.2, 0.25) is 0 Å². The van der Waals surface area contributed by atoms with Gasteiger partial charge >= 0.3 is 0 Å². The molecular formula is C27H29FN6O3. The fourth-order valence-corrected chi connectivity index (χ4v) is 3.82. The molecule has 0 fully saturated rings. The lowest BCUT2D eigenvalue weighted by Crippen LogP contribution is -2.20. The number of hydrogen-bond acceptors (Lipinski definition) is 7. The summed E-state index contributed by atoms with van der Waals surface area (Å²) in [4.78, 5) is 22.9. The van der Waals surface area contributed by atoms with Crippen LogP contribution in [0.3, 0.4) is 0 Å². The van der Waals surface area contributed by atoms with E-state index in [4.69, 9.17) is 4.74 Å². The number of rotatable bonds is 11. The van der Waals surface area contributed by atoms with E-state index in [0.29, 0.717) is 30.3 Å². The highest BCUT2D eigenvalue weighted by atomic mass is 19.1. The number of carbonyl (C=O) groups excluding carboxylic acids is 1. The van der Waals surface area contributed by atoms with Crippen LogP contribution in [0.4, 0.5) is 21.7 Å². The molecule has 9 nitrogen and oxygen atoms in total. The van der Waals surface area contributed by atoms with E-state index in [9.17, 15) is 14.3 Å². The van der Waals surface area contributed by atoms with E-state index in [1.165, 1.54) is 6.07 Å². The van der Waals surface area contributed by atoms with Crippen molar-refractivity contribution in [3.8, 4) is 22.8 Å². The zero-order valence-electron chi connectivity index (χ0n) is 20.7. The number of ether oxygens (including phenoxy) is 1. The highest BCUT2D eigenvalue weighted by Crippen LogP contribution is 2.37. The molecule has 2 aromatic carbocycles. The smallest absolute Gasteiger partial charge is 0.247 e. The van der Waals surface area contributed by atoms with Gasteiger partial charge in [0.2, 0.25) is 11.9 Å². The lowest BCUT2D eigenvalue weighted by molar-refractivity contribution is -0.111. The molecule has 37 heavy (non-hydrogen) atoms. The van der Waals surface area contributed by atoms with Crippen molar-refractivity contribution < 1.29 is 19.0 Å². The molecule has 3 N–H and O–H groups in total. The number of aromatic nitrogens is 3. The van der Waals surface area contributed by atoms with Gasteiger partial charge in [0, 0.05) is 41.5 Å². The SMILES string of the molecule is C=CC(=O)Nc1cc(Nc2nccc(-c3cn(CCF)c4ccccc34)n2)c(O)cc1OCCN(C)C. The molecule has 10 heteroatoms. The third-order valence-electron chi connectivity index (χ3n) is 5.63. The zero-order valence-corrected chi connectivity index (χ0v) is 20.7. The van der Waals surface area contributed by atoms with Crippen LogP contribution in [-0.2, 0) is 11.3 Å². The van der Waals surface area contributed by atoms with Gasteiger partial charge in [0.05, 0.1) is 23.6 Å². The Bertz CT molecular complexity index is 1420. The Morgan fingerprint density at radius 3 is 2.81 bits per heavy atom. The molecule has 0 saturated heterocycles. The summed E-state index contributed by atoms with van der Waals surface area (Å²) in [6.45, 7) is 4.26. The second-order valence-electron chi connectivity index (χ2n) is 8.54. The molecule has 0 unspecified atom stereocenters. The monoisotopic (exact) mass is 504 g/mol. The summed E-state index contributed by atoms with van der Waals surface area (Å²) in [6.07, 6.45) is 4.62. The molecule has 2 aromatic heterocycles. The van der Waals surface area contributed by atoms with Gasteiger partial charge in [-0.2, -0.15) is 0 Å². The first kappa shape index (κ1) is 25.6. The molecule has 2 heterocycles. The minimum atomic E-state index is -0.479. The normalized spacial score (nSPS) is 11.0. The van der Waals surface area contributed by atoms with E-state index in [1.807, 2.05) is 54.0 Å². The summed E-state index contributed by atoms with van der Waals surface area (Å²) in [5, 5.41) is 17.3. The molecule has 0 atom stereocenters. The highest BCUT2D eigenvalue weighted by Gasteiger charge is 2.15. The van der Waals surface area contributed by atoms with Crippen LogP contribution in [0.25, 0.3) is 22.2 Å². The standard InChI is InChI=1S/C27H29FN6O3/c1-4-26(36)30-22-15-21(24(35)16-25(22)37-14-13-33(2)3)32-27-29-11-9-20(31-27)19-17-34(12-10-28)23-8-6-5-7-18(19)23/h4-9,11,15-17,35H,1,10,12-14H2,2-3H3,(H,30,36)(H,29,31,32). The molecule has 4 aromatic rings. The molecule has 192 valence electrons. The zero-order chi connectivity index (χ0) is 26.4. The summed E-state index contributed by atoms with van der Waals surface area (Å²) in [6, 6.07) is 12.5. The molecule has 0 aliphatic heterocycles.